The molecule has 0 unspecified atom stereocenters. The van der Waals surface area contributed by atoms with Gasteiger partial charge in [0, 0.05) is 37.8 Å². The van der Waals surface area contributed by atoms with Gasteiger partial charge in [-0.2, -0.15) is 0 Å². The molecule has 1 saturated heterocycles. The predicted molar refractivity (Wildman–Crippen MR) is 130 cm³/mol. The van der Waals surface area contributed by atoms with Gasteiger partial charge in [-0.25, -0.2) is 28.7 Å². The normalized spacial score (nSPS) is 14.0. The molecule has 180 valence electrons. The van der Waals surface area contributed by atoms with Gasteiger partial charge in [-0.1, -0.05) is 0 Å². The number of nitrogens with one attached hydrogen (secondary N) is 2. The summed E-state index contributed by atoms with van der Waals surface area (Å²) in [5.41, 5.74) is 0.997. The van der Waals surface area contributed by atoms with Crippen molar-refractivity contribution in [1.82, 2.24) is 29.8 Å². The fraction of sp³-hybridized carbons (Fsp3) is 0.292. The Bertz CT molecular complexity index is 1430. The van der Waals surface area contributed by atoms with Gasteiger partial charge in [0.25, 0.3) is 5.56 Å². The number of hydrogen-bond acceptors (Lipinski definition) is 8. The van der Waals surface area contributed by atoms with Gasteiger partial charge in [-0.15, -0.1) is 0 Å². The van der Waals surface area contributed by atoms with Gasteiger partial charge in [0.05, 0.1) is 29.8 Å². The van der Waals surface area contributed by atoms with E-state index in [1.54, 1.807) is 26.1 Å². The number of benzene rings is 1. The molecule has 1 aliphatic heterocycles. The van der Waals surface area contributed by atoms with Gasteiger partial charge < -0.3 is 20.1 Å². The Kier molecular flexibility index (Phi) is 6.08. The number of fused-ring (bicyclic) bond motifs is 1. The van der Waals surface area contributed by atoms with Crippen LogP contribution in [-0.4, -0.2) is 50.7 Å². The lowest BCUT2D eigenvalue weighted by atomic mass is 10.1. The van der Waals surface area contributed by atoms with E-state index >= 15 is 0 Å². The minimum Gasteiger partial charge on any atom is -0.368 e. The van der Waals surface area contributed by atoms with Crippen LogP contribution in [0.5, 0.6) is 0 Å². The van der Waals surface area contributed by atoms with Crippen molar-refractivity contribution >= 4 is 28.5 Å². The van der Waals surface area contributed by atoms with Gasteiger partial charge in [-0.05, 0) is 38.1 Å². The minimum absolute atomic E-state index is 0.0311. The minimum atomic E-state index is -0.723. The maximum atomic E-state index is 14.9. The molecule has 0 saturated carbocycles. The Morgan fingerprint density at radius 3 is 2.51 bits per heavy atom. The lowest BCUT2D eigenvalue weighted by Gasteiger charge is -2.29. The fourth-order valence-corrected chi connectivity index (χ4v) is 4.18. The van der Waals surface area contributed by atoms with Crippen molar-refractivity contribution in [2.75, 3.05) is 36.4 Å². The number of rotatable bonds is 5. The van der Waals surface area contributed by atoms with Crippen molar-refractivity contribution in [3.8, 4) is 11.3 Å². The molecule has 4 heterocycles. The quantitative estimate of drug-likeness (QED) is 0.451. The first-order chi connectivity index (χ1) is 16.9. The van der Waals surface area contributed by atoms with Crippen LogP contribution in [0.15, 0.2) is 47.7 Å². The third kappa shape index (κ3) is 4.54. The molecular formula is C24H24F2N8O. The van der Waals surface area contributed by atoms with Gasteiger partial charge in [0.1, 0.15) is 17.0 Å². The summed E-state index contributed by atoms with van der Waals surface area (Å²) in [7, 11) is 0. The molecule has 3 aromatic heterocycles. The first-order valence-corrected chi connectivity index (χ1v) is 11.3. The van der Waals surface area contributed by atoms with Crippen LogP contribution >= 0.6 is 0 Å². The highest BCUT2D eigenvalue weighted by atomic mass is 19.1. The van der Waals surface area contributed by atoms with Crippen molar-refractivity contribution < 1.29 is 8.78 Å². The Hall–Kier alpha value is -3.99. The number of anilines is 3. The molecule has 1 aromatic carbocycles. The zero-order valence-corrected chi connectivity index (χ0v) is 19.3. The van der Waals surface area contributed by atoms with Crippen LogP contribution < -0.4 is 21.1 Å². The molecule has 11 heteroatoms. The summed E-state index contributed by atoms with van der Waals surface area (Å²) in [4.78, 5) is 31.2. The van der Waals surface area contributed by atoms with Crippen LogP contribution in [0.2, 0.25) is 0 Å². The average molecular weight is 479 g/mol. The number of aromatic nitrogens is 5. The largest absolute Gasteiger partial charge is 0.368 e. The Labute approximate surface area is 199 Å². The summed E-state index contributed by atoms with van der Waals surface area (Å²) in [5, 5.41) is 6.28. The molecule has 0 spiro atoms. The maximum Gasteiger partial charge on any atom is 0.269 e. The molecule has 1 fully saturated rings. The average Bonchev–Trinajstić information content (AvgIpc) is 2.85. The van der Waals surface area contributed by atoms with Crippen molar-refractivity contribution in [3.05, 3.63) is 64.8 Å². The van der Waals surface area contributed by atoms with E-state index in [1.165, 1.54) is 10.6 Å². The van der Waals surface area contributed by atoms with E-state index < -0.39 is 11.6 Å². The maximum absolute atomic E-state index is 14.9. The molecule has 4 aromatic rings. The first kappa shape index (κ1) is 22.8. The van der Waals surface area contributed by atoms with Crippen molar-refractivity contribution in [2.45, 2.75) is 19.9 Å². The van der Waals surface area contributed by atoms with Crippen LogP contribution in [0.1, 0.15) is 19.9 Å². The van der Waals surface area contributed by atoms with Crippen LogP contribution in [-0.2, 0) is 0 Å². The van der Waals surface area contributed by atoms with E-state index in [4.69, 9.17) is 0 Å². The summed E-state index contributed by atoms with van der Waals surface area (Å²) in [6.45, 7) is 7.26. The van der Waals surface area contributed by atoms with E-state index in [2.05, 4.69) is 35.5 Å². The zero-order chi connectivity index (χ0) is 24.5. The molecule has 35 heavy (non-hydrogen) atoms. The number of hydrogen-bond donors (Lipinski definition) is 2. The number of pyridine rings is 1. The highest BCUT2D eigenvalue weighted by Gasteiger charge is 2.17. The molecule has 0 atom stereocenters. The molecule has 1 aliphatic rings. The second kappa shape index (κ2) is 9.34. The van der Waals surface area contributed by atoms with Crippen LogP contribution in [0.25, 0.3) is 22.3 Å². The molecule has 0 radical (unpaired) electrons. The number of piperazine rings is 1. The van der Waals surface area contributed by atoms with E-state index in [0.717, 1.165) is 50.3 Å². The van der Waals surface area contributed by atoms with Crippen molar-refractivity contribution in [2.24, 2.45) is 0 Å². The van der Waals surface area contributed by atoms with Crippen LogP contribution in [0.4, 0.5) is 26.2 Å². The lowest BCUT2D eigenvalue weighted by molar-refractivity contribution is 0.589. The van der Waals surface area contributed by atoms with Crippen molar-refractivity contribution in [3.63, 3.8) is 0 Å². The van der Waals surface area contributed by atoms with E-state index in [0.29, 0.717) is 5.82 Å². The van der Waals surface area contributed by atoms with Gasteiger partial charge >= 0.3 is 0 Å². The molecule has 5 rings (SSSR count). The number of nitrogens with zero attached hydrogens (tertiary/aromatic N) is 6. The summed E-state index contributed by atoms with van der Waals surface area (Å²) < 4.78 is 31.1. The summed E-state index contributed by atoms with van der Waals surface area (Å²) in [6.07, 6.45) is 3.86. The summed E-state index contributed by atoms with van der Waals surface area (Å²) in [6, 6.07) is 6.17. The lowest BCUT2D eigenvalue weighted by Crippen LogP contribution is -2.43. The first-order valence-electron chi connectivity index (χ1n) is 11.3. The third-order valence-corrected chi connectivity index (χ3v) is 5.85. The Balaban J connectivity index is 1.48. The highest BCUT2D eigenvalue weighted by Crippen LogP contribution is 2.28. The predicted octanol–water partition coefficient (Wildman–Crippen LogP) is 3.26. The number of halogens is 2. The monoisotopic (exact) mass is 478 g/mol. The topological polar surface area (TPSA) is 101 Å². The van der Waals surface area contributed by atoms with E-state index in [1.807, 2.05) is 6.07 Å². The van der Waals surface area contributed by atoms with Crippen LogP contribution in [0, 0.1) is 11.6 Å². The molecule has 9 nitrogen and oxygen atoms in total. The third-order valence-electron chi connectivity index (χ3n) is 5.85. The van der Waals surface area contributed by atoms with Crippen LogP contribution in [0.3, 0.4) is 0 Å². The second-order valence-electron chi connectivity index (χ2n) is 8.54. The highest BCUT2D eigenvalue weighted by molar-refractivity contribution is 5.82. The molecule has 2 N–H and O–H groups in total. The Morgan fingerprint density at radius 2 is 1.80 bits per heavy atom. The summed E-state index contributed by atoms with van der Waals surface area (Å²) >= 11 is 0. The van der Waals surface area contributed by atoms with E-state index in [9.17, 15) is 13.6 Å². The second-order valence-corrected chi connectivity index (χ2v) is 8.54. The summed E-state index contributed by atoms with van der Waals surface area (Å²) in [5.74, 6) is -0.802. The SMILES string of the molecule is CC(C)n1c(=O)cnc2c(F)cc(-c3nc(Nc4ccc(N5CCNCC5)cn4)ncc3F)cc21. The standard InChI is InChI=1S/C24H24F2N8O/c1-14(2)34-19-10-15(9-17(25)23(19)29-13-21(34)35)22-18(26)12-30-24(32-22)31-20-4-3-16(11-28-20)33-7-5-27-6-8-33/h3-4,9-14,27H,5-8H2,1-2H3,(H,28,30,31,32). The molecular weight excluding hydrogens is 454 g/mol. The zero-order valence-electron chi connectivity index (χ0n) is 19.3. The van der Waals surface area contributed by atoms with Crippen molar-refractivity contribution in [1.29, 1.82) is 0 Å². The van der Waals surface area contributed by atoms with Gasteiger partial charge in [0.2, 0.25) is 5.95 Å². The molecule has 0 amide bonds. The smallest absolute Gasteiger partial charge is 0.269 e. The van der Waals surface area contributed by atoms with Gasteiger partial charge in [-0.3, -0.25) is 4.79 Å². The van der Waals surface area contributed by atoms with Gasteiger partial charge in [0.15, 0.2) is 11.6 Å². The van der Waals surface area contributed by atoms with E-state index in [-0.39, 0.29) is 39.8 Å². The molecule has 0 aliphatic carbocycles. The fourth-order valence-electron chi connectivity index (χ4n) is 4.18. The molecule has 0 bridgehead atoms. The Morgan fingerprint density at radius 1 is 1.00 bits per heavy atom.